The molecule has 6 heteroatoms. The van der Waals surface area contributed by atoms with Gasteiger partial charge in [-0.05, 0) is 18.2 Å². The van der Waals surface area contributed by atoms with Crippen molar-refractivity contribution >= 4 is 34.0 Å². The van der Waals surface area contributed by atoms with Gasteiger partial charge in [0.1, 0.15) is 10.8 Å². The maximum absolute atomic E-state index is 8.65. The zero-order valence-electron chi connectivity index (χ0n) is 9.26. The Bertz CT molecular complexity index is 475. The van der Waals surface area contributed by atoms with E-state index in [1.165, 1.54) is 0 Å². The van der Waals surface area contributed by atoms with Crippen LogP contribution in [0.1, 0.15) is 11.4 Å². The molecule has 1 aromatic heterocycles. The first-order valence-electron chi connectivity index (χ1n) is 5.16. The molecule has 3 N–H and O–H groups in total. The average Bonchev–Trinajstić information content (AvgIpc) is 2.71. The maximum Gasteiger partial charge on any atom is 0.120 e. The smallest absolute Gasteiger partial charge is 0.120 e. The molecular formula is C11H15ClN2O2S. The number of fused-ring (bicyclic) bond motifs is 1. The first-order valence-corrected chi connectivity index (χ1v) is 5.98. The number of thiazole rings is 1. The number of halogens is 1. The lowest BCUT2D eigenvalue weighted by Gasteiger charge is -2.03. The van der Waals surface area contributed by atoms with E-state index in [9.17, 15) is 0 Å². The maximum atomic E-state index is 8.65. The fourth-order valence-electron chi connectivity index (χ4n) is 1.38. The fraction of sp³-hybridized carbons (Fsp3) is 0.364. The lowest BCUT2D eigenvalue weighted by molar-refractivity contribution is 0.234. The monoisotopic (exact) mass is 274 g/mol. The van der Waals surface area contributed by atoms with Crippen molar-refractivity contribution in [3.05, 3.63) is 23.2 Å². The van der Waals surface area contributed by atoms with E-state index in [1.807, 2.05) is 18.2 Å². The van der Waals surface area contributed by atoms with Crippen LogP contribution in [0.15, 0.2) is 18.2 Å². The van der Waals surface area contributed by atoms with E-state index in [0.29, 0.717) is 19.6 Å². The predicted octanol–water partition coefficient (Wildman–Crippen LogP) is 1.94. The molecule has 0 aliphatic rings. The van der Waals surface area contributed by atoms with Gasteiger partial charge in [0.05, 0.1) is 16.8 Å². The van der Waals surface area contributed by atoms with Crippen LogP contribution in [0.3, 0.4) is 0 Å². The Morgan fingerprint density at radius 1 is 1.41 bits per heavy atom. The van der Waals surface area contributed by atoms with Gasteiger partial charge in [0.2, 0.25) is 0 Å². The Morgan fingerprint density at radius 3 is 2.94 bits per heavy atom. The van der Waals surface area contributed by atoms with Crippen molar-refractivity contribution in [2.24, 2.45) is 5.73 Å². The Morgan fingerprint density at radius 2 is 2.24 bits per heavy atom. The van der Waals surface area contributed by atoms with Crippen molar-refractivity contribution in [3.63, 3.8) is 0 Å². The third-order valence-corrected chi connectivity index (χ3v) is 3.19. The van der Waals surface area contributed by atoms with E-state index in [-0.39, 0.29) is 19.0 Å². The Kier molecular flexibility index (Phi) is 5.64. The van der Waals surface area contributed by atoms with E-state index in [0.717, 1.165) is 21.0 Å². The molecule has 17 heavy (non-hydrogen) atoms. The van der Waals surface area contributed by atoms with E-state index < -0.39 is 0 Å². The summed E-state index contributed by atoms with van der Waals surface area (Å²) in [7, 11) is 0. The first kappa shape index (κ1) is 14.2. The van der Waals surface area contributed by atoms with E-state index in [2.05, 4.69) is 4.98 Å². The van der Waals surface area contributed by atoms with Gasteiger partial charge in [-0.1, -0.05) is 0 Å². The van der Waals surface area contributed by atoms with Gasteiger partial charge in [-0.3, -0.25) is 0 Å². The molecule has 4 nitrogen and oxygen atoms in total. The summed E-state index contributed by atoms with van der Waals surface area (Å²) in [6, 6.07) is 5.78. The lowest BCUT2D eigenvalue weighted by Crippen LogP contribution is -1.99. The summed E-state index contributed by atoms with van der Waals surface area (Å²) in [4.78, 5) is 4.37. The molecule has 1 heterocycles. The third-order valence-electron chi connectivity index (χ3n) is 2.15. The molecule has 94 valence electrons. The van der Waals surface area contributed by atoms with Gasteiger partial charge in [-0.25, -0.2) is 4.98 Å². The summed E-state index contributed by atoms with van der Waals surface area (Å²) in [5, 5.41) is 9.58. The number of hydrogen-bond acceptors (Lipinski definition) is 5. The molecule has 0 unspecified atom stereocenters. The van der Waals surface area contributed by atoms with Crippen LogP contribution in [0.5, 0.6) is 5.75 Å². The van der Waals surface area contributed by atoms with Gasteiger partial charge in [0, 0.05) is 19.6 Å². The van der Waals surface area contributed by atoms with Gasteiger partial charge in [-0.2, -0.15) is 0 Å². The number of aliphatic hydroxyl groups excluding tert-OH is 1. The van der Waals surface area contributed by atoms with Crippen LogP contribution in [0.4, 0.5) is 0 Å². The summed E-state index contributed by atoms with van der Waals surface area (Å²) in [6.45, 7) is 1.16. The molecule has 0 saturated heterocycles. The minimum atomic E-state index is 0. The summed E-state index contributed by atoms with van der Waals surface area (Å²) >= 11 is 1.59. The second-order valence-electron chi connectivity index (χ2n) is 3.37. The summed E-state index contributed by atoms with van der Waals surface area (Å²) < 4.78 is 6.57. The molecule has 0 fully saturated rings. The molecule has 0 radical (unpaired) electrons. The van der Waals surface area contributed by atoms with Crippen molar-refractivity contribution < 1.29 is 9.84 Å². The summed E-state index contributed by atoms with van der Waals surface area (Å²) in [6.07, 6.45) is 0.648. The molecule has 0 saturated carbocycles. The number of nitrogens with zero attached hydrogens (tertiary/aromatic N) is 1. The van der Waals surface area contributed by atoms with E-state index in [1.54, 1.807) is 11.3 Å². The van der Waals surface area contributed by atoms with Crippen LogP contribution in [-0.2, 0) is 6.54 Å². The minimum Gasteiger partial charge on any atom is -0.493 e. The Labute approximate surface area is 110 Å². The molecule has 0 aliphatic carbocycles. The Hall–Kier alpha value is -0.880. The number of nitrogens with two attached hydrogens (primary N) is 1. The van der Waals surface area contributed by atoms with Crippen molar-refractivity contribution in [1.82, 2.24) is 4.98 Å². The van der Waals surface area contributed by atoms with Crippen LogP contribution in [0.2, 0.25) is 0 Å². The Balaban J connectivity index is 0.00000144. The molecule has 2 rings (SSSR count). The second kappa shape index (κ2) is 6.76. The number of benzene rings is 1. The van der Waals surface area contributed by atoms with Crippen LogP contribution < -0.4 is 10.5 Å². The van der Waals surface area contributed by atoms with Crippen molar-refractivity contribution in [2.45, 2.75) is 13.0 Å². The standard InChI is InChI=1S/C11H14N2O2S.ClH/c12-7-11-13-9-3-2-8(6-10(9)16-11)15-5-1-4-14;/h2-3,6,14H,1,4-5,7,12H2;1H. The topological polar surface area (TPSA) is 68.4 Å². The van der Waals surface area contributed by atoms with Crippen molar-refractivity contribution in [3.8, 4) is 5.75 Å². The number of hydrogen-bond donors (Lipinski definition) is 2. The van der Waals surface area contributed by atoms with E-state index in [4.69, 9.17) is 15.6 Å². The number of aliphatic hydroxyl groups is 1. The SMILES string of the molecule is Cl.NCc1nc2ccc(OCCCO)cc2s1. The highest BCUT2D eigenvalue weighted by molar-refractivity contribution is 7.18. The normalized spacial score (nSPS) is 10.2. The van der Waals surface area contributed by atoms with Crippen LogP contribution in [-0.4, -0.2) is 23.3 Å². The first-order chi connectivity index (χ1) is 7.83. The van der Waals surface area contributed by atoms with Crippen molar-refractivity contribution in [2.75, 3.05) is 13.2 Å². The van der Waals surface area contributed by atoms with Gasteiger partial charge in [-0.15, -0.1) is 23.7 Å². The highest BCUT2D eigenvalue weighted by Gasteiger charge is 2.03. The minimum absolute atomic E-state index is 0. The number of aromatic nitrogens is 1. The largest absolute Gasteiger partial charge is 0.493 e. The second-order valence-corrected chi connectivity index (χ2v) is 4.48. The molecule has 0 amide bonds. The summed E-state index contributed by atoms with van der Waals surface area (Å²) in [5.74, 6) is 0.813. The molecule has 2 aromatic rings. The fourth-order valence-corrected chi connectivity index (χ4v) is 2.26. The molecule has 0 spiro atoms. The van der Waals surface area contributed by atoms with Crippen LogP contribution in [0, 0.1) is 0 Å². The van der Waals surface area contributed by atoms with E-state index >= 15 is 0 Å². The molecular weight excluding hydrogens is 260 g/mol. The molecule has 1 aromatic carbocycles. The predicted molar refractivity (Wildman–Crippen MR) is 72.0 cm³/mol. The van der Waals surface area contributed by atoms with Crippen LogP contribution in [0.25, 0.3) is 10.2 Å². The van der Waals surface area contributed by atoms with Gasteiger partial charge in [0.15, 0.2) is 0 Å². The number of rotatable bonds is 5. The average molecular weight is 275 g/mol. The van der Waals surface area contributed by atoms with Crippen LogP contribution >= 0.6 is 23.7 Å². The van der Waals surface area contributed by atoms with Gasteiger partial charge >= 0.3 is 0 Å². The zero-order valence-corrected chi connectivity index (χ0v) is 10.9. The van der Waals surface area contributed by atoms with Crippen molar-refractivity contribution in [1.29, 1.82) is 0 Å². The van der Waals surface area contributed by atoms with Gasteiger partial charge < -0.3 is 15.6 Å². The zero-order chi connectivity index (χ0) is 11.4. The molecule has 0 aliphatic heterocycles. The highest BCUT2D eigenvalue weighted by Crippen LogP contribution is 2.26. The highest BCUT2D eigenvalue weighted by atomic mass is 35.5. The molecule has 0 atom stereocenters. The summed E-state index contributed by atoms with van der Waals surface area (Å²) in [5.41, 5.74) is 6.50. The number of ether oxygens (including phenoxy) is 1. The quantitative estimate of drug-likeness (QED) is 0.818. The molecule has 0 bridgehead atoms. The lowest BCUT2D eigenvalue weighted by atomic mass is 10.3. The third kappa shape index (κ3) is 3.54. The van der Waals surface area contributed by atoms with Gasteiger partial charge in [0.25, 0.3) is 0 Å².